The summed E-state index contributed by atoms with van der Waals surface area (Å²) in [5.41, 5.74) is 2.44. The van der Waals surface area contributed by atoms with Gasteiger partial charge >= 0.3 is 0 Å². The number of hydrogen-bond acceptors (Lipinski definition) is 3. The van der Waals surface area contributed by atoms with Crippen molar-refractivity contribution < 1.29 is 9.84 Å². The second-order valence-electron chi connectivity index (χ2n) is 4.51. The highest BCUT2D eigenvalue weighted by molar-refractivity contribution is 5.53. The van der Waals surface area contributed by atoms with Crippen molar-refractivity contribution in [3.63, 3.8) is 0 Å². The van der Waals surface area contributed by atoms with Crippen molar-refractivity contribution in [3.05, 3.63) is 35.4 Å². The first-order valence-electron chi connectivity index (χ1n) is 6.01. The third-order valence-electron chi connectivity index (χ3n) is 2.87. The van der Waals surface area contributed by atoms with Crippen molar-refractivity contribution in [2.24, 2.45) is 0 Å². The van der Waals surface area contributed by atoms with Crippen molar-refractivity contribution in [3.8, 4) is 5.75 Å². The summed E-state index contributed by atoms with van der Waals surface area (Å²) in [4.78, 5) is 0. The lowest BCUT2D eigenvalue weighted by Crippen LogP contribution is -2.41. The monoisotopic (exact) mass is 233 g/mol. The number of ether oxygens (including phenoxy) is 1. The minimum absolute atomic E-state index is 0.308. The van der Waals surface area contributed by atoms with Crippen LogP contribution in [0.15, 0.2) is 29.8 Å². The minimum Gasteiger partial charge on any atom is -0.508 e. The molecule has 1 heterocycles. The Morgan fingerprint density at radius 1 is 1.47 bits per heavy atom. The maximum absolute atomic E-state index is 9.20. The number of hydrogen-bond donors (Lipinski definition) is 2. The van der Waals surface area contributed by atoms with Gasteiger partial charge in [0.25, 0.3) is 0 Å². The van der Waals surface area contributed by atoms with E-state index in [0.29, 0.717) is 11.8 Å². The molecular formula is C14H19NO2. The fourth-order valence-electron chi connectivity index (χ4n) is 2.05. The number of phenolic OH excluding ortho intramolecular Hbond substituents is 1. The Labute approximate surface area is 102 Å². The number of aromatic hydroxyl groups is 1. The van der Waals surface area contributed by atoms with E-state index in [4.69, 9.17) is 4.74 Å². The number of rotatable bonds is 3. The van der Waals surface area contributed by atoms with E-state index in [0.717, 1.165) is 31.7 Å². The highest BCUT2D eigenvalue weighted by Crippen LogP contribution is 2.15. The highest BCUT2D eigenvalue weighted by Gasteiger charge is 2.12. The molecule has 1 unspecified atom stereocenters. The van der Waals surface area contributed by atoms with Crippen LogP contribution in [0.5, 0.6) is 5.75 Å². The molecule has 2 rings (SSSR count). The minimum atomic E-state index is 0.308. The molecule has 3 heteroatoms. The van der Waals surface area contributed by atoms with Gasteiger partial charge in [0.15, 0.2) is 0 Å². The summed E-state index contributed by atoms with van der Waals surface area (Å²) < 4.78 is 5.43. The smallest absolute Gasteiger partial charge is 0.115 e. The molecular weight excluding hydrogens is 214 g/mol. The van der Waals surface area contributed by atoms with Gasteiger partial charge in [-0.2, -0.15) is 0 Å². The summed E-state index contributed by atoms with van der Waals surface area (Å²) in [6.45, 7) is 4.68. The van der Waals surface area contributed by atoms with Crippen molar-refractivity contribution in [2.75, 3.05) is 19.8 Å². The van der Waals surface area contributed by atoms with Crippen LogP contribution in [-0.2, 0) is 4.74 Å². The van der Waals surface area contributed by atoms with Gasteiger partial charge in [0, 0.05) is 12.6 Å². The third kappa shape index (κ3) is 3.88. The topological polar surface area (TPSA) is 41.5 Å². The molecule has 1 aliphatic rings. The van der Waals surface area contributed by atoms with Gasteiger partial charge in [-0.15, -0.1) is 0 Å². The van der Waals surface area contributed by atoms with Crippen LogP contribution in [0.2, 0.25) is 0 Å². The van der Waals surface area contributed by atoms with E-state index in [2.05, 4.69) is 18.3 Å². The van der Waals surface area contributed by atoms with Gasteiger partial charge < -0.3 is 15.2 Å². The molecule has 1 aromatic carbocycles. The largest absolute Gasteiger partial charge is 0.508 e. The Bertz CT molecular complexity index is 378. The van der Waals surface area contributed by atoms with Crippen molar-refractivity contribution in [2.45, 2.75) is 19.4 Å². The summed E-state index contributed by atoms with van der Waals surface area (Å²) >= 11 is 0. The Hall–Kier alpha value is -1.32. The van der Waals surface area contributed by atoms with Gasteiger partial charge in [-0.25, -0.2) is 0 Å². The quantitative estimate of drug-likeness (QED) is 0.840. The molecule has 2 N–H and O–H groups in total. The lowest BCUT2D eigenvalue weighted by atomic mass is 10.0. The summed E-state index contributed by atoms with van der Waals surface area (Å²) in [5, 5.41) is 12.6. The van der Waals surface area contributed by atoms with Crippen LogP contribution < -0.4 is 5.32 Å². The predicted octanol–water partition coefficient (Wildman–Crippen LogP) is 2.17. The second kappa shape index (κ2) is 5.84. The fourth-order valence-corrected chi connectivity index (χ4v) is 2.05. The number of benzene rings is 1. The van der Waals surface area contributed by atoms with Crippen LogP contribution in [0.1, 0.15) is 18.9 Å². The Kier molecular flexibility index (Phi) is 4.18. The van der Waals surface area contributed by atoms with Gasteiger partial charge in [0.1, 0.15) is 5.75 Å². The molecule has 3 nitrogen and oxygen atoms in total. The number of nitrogens with one attached hydrogen (secondary N) is 1. The average molecular weight is 233 g/mol. The van der Waals surface area contributed by atoms with E-state index < -0.39 is 0 Å². The molecule has 0 radical (unpaired) electrons. The fraction of sp³-hybridized carbons (Fsp3) is 0.429. The predicted molar refractivity (Wildman–Crippen MR) is 69.0 cm³/mol. The molecule has 0 aromatic heterocycles. The molecule has 1 aromatic rings. The van der Waals surface area contributed by atoms with Crippen LogP contribution in [0.3, 0.4) is 0 Å². The Morgan fingerprint density at radius 2 is 2.24 bits per heavy atom. The zero-order chi connectivity index (χ0) is 12.1. The molecule has 92 valence electrons. The van der Waals surface area contributed by atoms with Gasteiger partial charge in [0.2, 0.25) is 0 Å². The zero-order valence-corrected chi connectivity index (χ0v) is 10.1. The van der Waals surface area contributed by atoms with Gasteiger partial charge in [-0.3, -0.25) is 0 Å². The average Bonchev–Trinajstić information content (AvgIpc) is 2.33. The lowest BCUT2D eigenvalue weighted by molar-refractivity contribution is 0.0771. The molecule has 1 atom stereocenters. The summed E-state index contributed by atoms with van der Waals surface area (Å²) in [6, 6.07) is 7.69. The maximum Gasteiger partial charge on any atom is 0.115 e. The van der Waals surface area contributed by atoms with Gasteiger partial charge in [-0.05, 0) is 31.0 Å². The van der Waals surface area contributed by atoms with E-state index >= 15 is 0 Å². The summed E-state index contributed by atoms with van der Waals surface area (Å²) in [7, 11) is 0. The van der Waals surface area contributed by atoms with Crippen molar-refractivity contribution in [1.82, 2.24) is 5.32 Å². The third-order valence-corrected chi connectivity index (χ3v) is 2.87. The molecule has 17 heavy (non-hydrogen) atoms. The van der Waals surface area contributed by atoms with Crippen LogP contribution in [0.25, 0.3) is 6.08 Å². The van der Waals surface area contributed by atoms with E-state index in [1.807, 2.05) is 12.1 Å². The first-order valence-corrected chi connectivity index (χ1v) is 6.01. The maximum atomic E-state index is 9.20. The lowest BCUT2D eigenvalue weighted by Gasteiger charge is -2.24. The molecule has 0 saturated carbocycles. The standard InChI is InChI=1S/C14H19NO2/c1-11(9-13-10-17-7-6-15-13)8-12-2-4-14(16)5-3-12/h2-5,8,13,15-16H,6-7,9-10H2,1H3/b11-8-. The normalized spacial score (nSPS) is 21.5. The molecule has 1 saturated heterocycles. The summed E-state index contributed by atoms with van der Waals surface area (Å²) in [6.07, 6.45) is 3.15. The van der Waals surface area contributed by atoms with Crippen molar-refractivity contribution >= 4 is 6.08 Å². The van der Waals surface area contributed by atoms with E-state index in [9.17, 15) is 5.11 Å². The van der Waals surface area contributed by atoms with Crippen molar-refractivity contribution in [1.29, 1.82) is 0 Å². The van der Waals surface area contributed by atoms with Crippen LogP contribution >= 0.6 is 0 Å². The van der Waals surface area contributed by atoms with Crippen LogP contribution in [0, 0.1) is 0 Å². The second-order valence-corrected chi connectivity index (χ2v) is 4.51. The molecule has 1 fully saturated rings. The van der Waals surface area contributed by atoms with Crippen LogP contribution in [0.4, 0.5) is 0 Å². The van der Waals surface area contributed by atoms with Gasteiger partial charge in [-0.1, -0.05) is 23.8 Å². The zero-order valence-electron chi connectivity index (χ0n) is 10.1. The van der Waals surface area contributed by atoms with E-state index in [1.165, 1.54) is 5.57 Å². The first kappa shape index (κ1) is 12.1. The van der Waals surface area contributed by atoms with E-state index in [1.54, 1.807) is 12.1 Å². The molecule has 0 bridgehead atoms. The Balaban J connectivity index is 1.93. The molecule has 0 spiro atoms. The number of morpholine rings is 1. The molecule has 0 amide bonds. The first-order chi connectivity index (χ1) is 8.24. The molecule has 1 aliphatic heterocycles. The van der Waals surface area contributed by atoms with Crippen LogP contribution in [-0.4, -0.2) is 30.9 Å². The van der Waals surface area contributed by atoms with Gasteiger partial charge in [0.05, 0.1) is 13.2 Å². The highest BCUT2D eigenvalue weighted by atomic mass is 16.5. The SMILES string of the molecule is C/C(=C/c1ccc(O)cc1)CC1COCCN1. The van der Waals surface area contributed by atoms with E-state index in [-0.39, 0.29) is 0 Å². The summed E-state index contributed by atoms with van der Waals surface area (Å²) in [5.74, 6) is 0.308. The number of phenols is 1. The Morgan fingerprint density at radius 3 is 2.88 bits per heavy atom. The molecule has 0 aliphatic carbocycles.